The lowest BCUT2D eigenvalue weighted by Gasteiger charge is -2.35. The molecule has 7 nitrogen and oxygen atoms in total. The number of carboxylic acid groups (broad SMARTS) is 1. The van der Waals surface area contributed by atoms with Gasteiger partial charge in [0.15, 0.2) is 0 Å². The van der Waals surface area contributed by atoms with Crippen LogP contribution < -0.4 is 0 Å². The van der Waals surface area contributed by atoms with Crippen LogP contribution in [0.5, 0.6) is 0 Å². The highest BCUT2D eigenvalue weighted by Gasteiger charge is 2.40. The van der Waals surface area contributed by atoms with Crippen LogP contribution in [0.3, 0.4) is 0 Å². The topological polar surface area (TPSA) is 84.7 Å². The molecule has 1 amide bonds. The van der Waals surface area contributed by atoms with Gasteiger partial charge in [0.25, 0.3) is 0 Å². The van der Waals surface area contributed by atoms with Crippen molar-refractivity contribution in [2.75, 3.05) is 19.7 Å². The van der Waals surface area contributed by atoms with Gasteiger partial charge < -0.3 is 14.7 Å². The van der Waals surface area contributed by atoms with E-state index in [0.717, 1.165) is 24.1 Å². The molecule has 2 aromatic rings. The van der Waals surface area contributed by atoms with Crippen molar-refractivity contribution in [3.8, 4) is 5.69 Å². The average Bonchev–Trinajstić information content (AvgIpc) is 3.43. The zero-order valence-corrected chi connectivity index (χ0v) is 16.4. The maximum Gasteiger partial charge on any atom is 0.309 e. The van der Waals surface area contributed by atoms with Crippen molar-refractivity contribution in [3.05, 3.63) is 48.3 Å². The number of aliphatic carboxylic acids is 1. The van der Waals surface area contributed by atoms with Gasteiger partial charge in [-0.1, -0.05) is 18.2 Å². The molecule has 2 saturated heterocycles. The van der Waals surface area contributed by atoms with Gasteiger partial charge in [-0.3, -0.25) is 9.59 Å². The molecule has 1 N–H and O–H groups in total. The third kappa shape index (κ3) is 4.50. The quantitative estimate of drug-likeness (QED) is 0.810. The first-order valence-corrected chi connectivity index (χ1v) is 10.3. The Bertz CT molecular complexity index is 843. The number of para-hydroxylation sites is 1. The molecule has 0 spiro atoms. The van der Waals surface area contributed by atoms with E-state index in [1.165, 1.54) is 0 Å². The van der Waals surface area contributed by atoms with Crippen molar-refractivity contribution >= 4 is 11.9 Å². The fourth-order valence-electron chi connectivity index (χ4n) is 4.44. The number of hydrogen-bond acceptors (Lipinski definition) is 4. The Labute approximate surface area is 170 Å². The third-order valence-corrected chi connectivity index (χ3v) is 6.09. The second-order valence-corrected chi connectivity index (χ2v) is 7.92. The maximum atomic E-state index is 12.6. The Morgan fingerprint density at radius 2 is 1.90 bits per heavy atom. The number of aryl methyl sites for hydroxylation is 1. The molecule has 2 fully saturated rings. The van der Waals surface area contributed by atoms with Crippen LogP contribution in [0.1, 0.15) is 31.2 Å². The van der Waals surface area contributed by atoms with Crippen LogP contribution in [-0.4, -0.2) is 57.5 Å². The van der Waals surface area contributed by atoms with Crippen LogP contribution in [0.25, 0.3) is 5.69 Å². The first-order valence-electron chi connectivity index (χ1n) is 10.3. The predicted octanol–water partition coefficient (Wildman–Crippen LogP) is 2.53. The summed E-state index contributed by atoms with van der Waals surface area (Å²) in [6, 6.07) is 9.90. The third-order valence-electron chi connectivity index (χ3n) is 6.09. The smallest absolute Gasteiger partial charge is 0.309 e. The Kier molecular flexibility index (Phi) is 5.94. The lowest BCUT2D eigenvalue weighted by atomic mass is 9.84. The minimum absolute atomic E-state index is 0.151. The van der Waals surface area contributed by atoms with Crippen LogP contribution in [-0.2, 0) is 20.7 Å². The number of hydrogen-bond donors (Lipinski definition) is 1. The van der Waals surface area contributed by atoms with E-state index in [1.807, 2.05) is 52.3 Å². The van der Waals surface area contributed by atoms with Crippen LogP contribution in [0.4, 0.5) is 0 Å². The van der Waals surface area contributed by atoms with E-state index >= 15 is 0 Å². The van der Waals surface area contributed by atoms with Crippen LogP contribution in [0.2, 0.25) is 0 Å². The van der Waals surface area contributed by atoms with Crippen molar-refractivity contribution in [3.63, 3.8) is 0 Å². The monoisotopic (exact) mass is 397 g/mol. The van der Waals surface area contributed by atoms with Gasteiger partial charge in [0.05, 0.1) is 23.9 Å². The Balaban J connectivity index is 1.25. The predicted molar refractivity (Wildman–Crippen MR) is 107 cm³/mol. The summed E-state index contributed by atoms with van der Waals surface area (Å²) in [6.07, 6.45) is 6.93. The van der Waals surface area contributed by atoms with Crippen molar-refractivity contribution in [1.29, 1.82) is 0 Å². The van der Waals surface area contributed by atoms with E-state index in [-0.39, 0.29) is 17.9 Å². The number of benzene rings is 1. The van der Waals surface area contributed by atoms with Gasteiger partial charge in [-0.15, -0.1) is 0 Å². The zero-order chi connectivity index (χ0) is 20.2. The van der Waals surface area contributed by atoms with Gasteiger partial charge in [0, 0.05) is 32.3 Å². The molecule has 2 aliphatic rings. The Hall–Kier alpha value is -2.67. The molecule has 0 aliphatic carbocycles. The van der Waals surface area contributed by atoms with E-state index in [4.69, 9.17) is 4.74 Å². The van der Waals surface area contributed by atoms with E-state index in [0.29, 0.717) is 39.0 Å². The summed E-state index contributed by atoms with van der Waals surface area (Å²) in [6.45, 7) is 1.88. The first-order chi connectivity index (χ1) is 14.1. The van der Waals surface area contributed by atoms with Gasteiger partial charge in [-0.2, -0.15) is 5.10 Å². The molecule has 29 heavy (non-hydrogen) atoms. The summed E-state index contributed by atoms with van der Waals surface area (Å²) in [5.74, 6) is -0.782. The summed E-state index contributed by atoms with van der Waals surface area (Å²) < 4.78 is 7.54. The average molecular weight is 397 g/mol. The second kappa shape index (κ2) is 8.78. The molecule has 0 saturated carbocycles. The van der Waals surface area contributed by atoms with Gasteiger partial charge >= 0.3 is 5.97 Å². The molecule has 2 atom stereocenters. The molecule has 7 heteroatoms. The van der Waals surface area contributed by atoms with Crippen molar-refractivity contribution in [1.82, 2.24) is 14.7 Å². The Morgan fingerprint density at radius 1 is 1.14 bits per heavy atom. The highest BCUT2D eigenvalue weighted by molar-refractivity contribution is 5.76. The van der Waals surface area contributed by atoms with Gasteiger partial charge in [0.2, 0.25) is 5.91 Å². The number of amides is 1. The van der Waals surface area contributed by atoms with Crippen LogP contribution >= 0.6 is 0 Å². The lowest BCUT2D eigenvalue weighted by Crippen LogP contribution is -2.43. The largest absolute Gasteiger partial charge is 0.481 e. The number of ether oxygens (including phenoxy) is 1. The van der Waals surface area contributed by atoms with E-state index < -0.39 is 11.9 Å². The van der Waals surface area contributed by atoms with Crippen molar-refractivity contribution in [2.45, 2.75) is 38.2 Å². The van der Waals surface area contributed by atoms with E-state index in [2.05, 4.69) is 5.10 Å². The summed E-state index contributed by atoms with van der Waals surface area (Å²) in [5, 5.41) is 13.7. The standard InChI is InChI=1S/C22H27N3O4/c26-20(7-6-16-14-23-25(15-16)18-4-2-1-3-5-18)24-11-8-17(9-12-24)21-19(22(27)28)10-13-29-21/h1-5,14-15,17,19,21H,6-13H2,(H,27,28)/t19?,21-/m0/s1. The Morgan fingerprint density at radius 3 is 2.62 bits per heavy atom. The molecule has 0 bridgehead atoms. The van der Waals surface area contributed by atoms with E-state index in [1.54, 1.807) is 0 Å². The molecule has 0 radical (unpaired) electrons. The second-order valence-electron chi connectivity index (χ2n) is 7.92. The highest BCUT2D eigenvalue weighted by Crippen LogP contribution is 2.33. The number of piperidine rings is 1. The number of likely N-dealkylation sites (tertiary alicyclic amines) is 1. The normalized spacial score (nSPS) is 22.7. The van der Waals surface area contributed by atoms with Crippen molar-refractivity contribution < 1.29 is 19.4 Å². The number of carbonyl (C=O) groups excluding carboxylic acids is 1. The first kappa shape index (κ1) is 19.6. The fraction of sp³-hybridized carbons (Fsp3) is 0.500. The van der Waals surface area contributed by atoms with Gasteiger partial charge in [-0.05, 0) is 49.3 Å². The molecule has 1 aromatic heterocycles. The number of rotatable bonds is 6. The van der Waals surface area contributed by atoms with Gasteiger partial charge in [-0.25, -0.2) is 4.68 Å². The molecule has 3 heterocycles. The summed E-state index contributed by atoms with van der Waals surface area (Å²) in [4.78, 5) is 25.9. The highest BCUT2D eigenvalue weighted by atomic mass is 16.5. The van der Waals surface area contributed by atoms with Gasteiger partial charge in [0.1, 0.15) is 0 Å². The number of carbonyl (C=O) groups is 2. The molecule has 1 aromatic carbocycles. The molecule has 1 unspecified atom stereocenters. The van der Waals surface area contributed by atoms with Crippen LogP contribution in [0, 0.1) is 11.8 Å². The minimum atomic E-state index is -0.762. The lowest BCUT2D eigenvalue weighted by molar-refractivity contribution is -0.146. The molecule has 154 valence electrons. The number of aromatic nitrogens is 2. The zero-order valence-electron chi connectivity index (χ0n) is 16.4. The molecule has 2 aliphatic heterocycles. The summed E-state index contributed by atoms with van der Waals surface area (Å²) in [5.41, 5.74) is 2.04. The maximum absolute atomic E-state index is 12.6. The van der Waals surface area contributed by atoms with Crippen LogP contribution in [0.15, 0.2) is 42.7 Å². The van der Waals surface area contributed by atoms with Crippen molar-refractivity contribution in [2.24, 2.45) is 11.8 Å². The molecule has 4 rings (SSSR count). The SMILES string of the molecule is O=C(O)C1CCO[C@H]1C1CCN(C(=O)CCc2cnn(-c3ccccc3)c2)CC1. The minimum Gasteiger partial charge on any atom is -0.481 e. The number of nitrogens with zero attached hydrogens (tertiary/aromatic N) is 3. The molecular weight excluding hydrogens is 370 g/mol. The van der Waals surface area contributed by atoms with E-state index in [9.17, 15) is 14.7 Å². The summed E-state index contributed by atoms with van der Waals surface area (Å²) >= 11 is 0. The molecular formula is C22H27N3O4. The fourth-order valence-corrected chi connectivity index (χ4v) is 4.44. The summed E-state index contributed by atoms with van der Waals surface area (Å²) in [7, 11) is 0. The number of carboxylic acids is 1.